The van der Waals surface area contributed by atoms with Crippen LogP contribution >= 0.6 is 15.9 Å². The number of hydrogen-bond donors (Lipinski definition) is 0. The molecule has 0 aliphatic carbocycles. The zero-order valence-corrected chi connectivity index (χ0v) is 26.0. The smallest absolute Gasteiger partial charge is 0.344 e. The number of fused-ring (bicyclic) bond motifs is 1. The van der Waals surface area contributed by atoms with Gasteiger partial charge in [-0.2, -0.15) is 9.78 Å². The monoisotopic (exact) mass is 650 g/mol. The van der Waals surface area contributed by atoms with Crippen LogP contribution in [0.25, 0.3) is 22.3 Å². The summed E-state index contributed by atoms with van der Waals surface area (Å²) >= 11 is 3.29. The Morgan fingerprint density at radius 3 is 2.56 bits per heavy atom. The predicted molar refractivity (Wildman–Crippen MR) is 167 cm³/mol. The molecule has 11 nitrogen and oxygen atoms in total. The Labute approximate surface area is 256 Å². The van der Waals surface area contributed by atoms with E-state index in [9.17, 15) is 19.7 Å². The fourth-order valence-corrected chi connectivity index (χ4v) is 4.98. The van der Waals surface area contributed by atoms with Gasteiger partial charge in [-0.1, -0.05) is 41.9 Å². The third-order valence-corrected chi connectivity index (χ3v) is 6.94. The second kappa shape index (κ2) is 13.6. The second-order valence-corrected chi connectivity index (χ2v) is 10.7. The van der Waals surface area contributed by atoms with Gasteiger partial charge in [-0.25, -0.2) is 9.78 Å². The number of carbonyl (C=O) groups is 1. The topological polar surface area (TPSA) is 135 Å². The van der Waals surface area contributed by atoms with Gasteiger partial charge in [-0.3, -0.25) is 14.9 Å². The van der Waals surface area contributed by atoms with Crippen LogP contribution in [0.1, 0.15) is 50.3 Å². The number of nitrogens with zero attached hydrogens (tertiary/aromatic N) is 4. The number of nitro groups is 1. The van der Waals surface area contributed by atoms with E-state index >= 15 is 0 Å². The van der Waals surface area contributed by atoms with Crippen molar-refractivity contribution in [2.24, 2.45) is 5.10 Å². The average Bonchev–Trinajstić information content (AvgIpc) is 2.96. The van der Waals surface area contributed by atoms with Gasteiger partial charge in [0.2, 0.25) is 5.75 Å². The molecule has 0 spiro atoms. The Kier molecular flexibility index (Phi) is 9.92. The first-order chi connectivity index (χ1) is 20.5. The summed E-state index contributed by atoms with van der Waals surface area (Å²) < 4.78 is 17.9. The lowest BCUT2D eigenvalue weighted by atomic mass is 9.96. The van der Waals surface area contributed by atoms with Gasteiger partial charge in [0.15, 0.2) is 12.4 Å². The average molecular weight is 652 g/mol. The predicted octanol–water partition coefficient (Wildman–Crippen LogP) is 6.39. The number of benzene rings is 3. The molecule has 12 heteroatoms. The Bertz CT molecular complexity index is 1780. The van der Waals surface area contributed by atoms with Crippen molar-refractivity contribution in [3.05, 3.63) is 90.2 Å². The summed E-state index contributed by atoms with van der Waals surface area (Å²) in [7, 11) is 0. The molecule has 4 aromatic rings. The first-order valence-electron chi connectivity index (χ1n) is 13.7. The molecule has 0 aliphatic rings. The van der Waals surface area contributed by atoms with Crippen molar-refractivity contribution in [2.75, 3.05) is 19.8 Å². The molecule has 43 heavy (non-hydrogen) atoms. The summed E-state index contributed by atoms with van der Waals surface area (Å²) in [5, 5.41) is 16.7. The van der Waals surface area contributed by atoms with Gasteiger partial charge in [0, 0.05) is 21.7 Å². The highest BCUT2D eigenvalue weighted by atomic mass is 79.9. The zero-order valence-electron chi connectivity index (χ0n) is 24.4. The second-order valence-electron chi connectivity index (χ2n) is 9.80. The van der Waals surface area contributed by atoms with E-state index in [1.807, 2.05) is 39.8 Å². The summed E-state index contributed by atoms with van der Waals surface area (Å²) in [6.45, 7) is 9.63. The fourth-order valence-electron chi connectivity index (χ4n) is 4.52. The SMILES string of the molecule is CCOC(=O)COc1c(C=Nn2c(-c3cc(C(C)C)c(OCC)cc3C)nc3ccccc3c2=O)cc(Br)cc1[N+](=O)[O-]. The molecular formula is C31H31BrN4O7. The molecule has 0 N–H and O–H groups in total. The number of halogens is 1. The lowest BCUT2D eigenvalue weighted by molar-refractivity contribution is -0.385. The lowest BCUT2D eigenvalue weighted by Gasteiger charge is -2.18. The van der Waals surface area contributed by atoms with E-state index < -0.39 is 28.7 Å². The van der Waals surface area contributed by atoms with Crippen LogP contribution in [0, 0.1) is 17.0 Å². The summed E-state index contributed by atoms with van der Waals surface area (Å²) in [5.41, 5.74) is 2.25. The quantitative estimate of drug-likeness (QED) is 0.0788. The summed E-state index contributed by atoms with van der Waals surface area (Å²) in [6, 6.07) is 13.6. The number of aromatic nitrogens is 2. The van der Waals surface area contributed by atoms with E-state index in [2.05, 4.69) is 21.0 Å². The van der Waals surface area contributed by atoms with Crippen LogP contribution in [0.4, 0.5) is 5.69 Å². The molecule has 0 saturated heterocycles. The molecule has 0 fully saturated rings. The van der Waals surface area contributed by atoms with Gasteiger partial charge >= 0.3 is 11.7 Å². The van der Waals surface area contributed by atoms with Crippen LogP contribution in [-0.2, 0) is 9.53 Å². The maximum atomic E-state index is 13.8. The van der Waals surface area contributed by atoms with E-state index in [0.29, 0.717) is 27.5 Å². The van der Waals surface area contributed by atoms with E-state index in [1.54, 1.807) is 31.2 Å². The van der Waals surface area contributed by atoms with Crippen molar-refractivity contribution in [3.63, 3.8) is 0 Å². The number of para-hydroxylation sites is 1. The molecule has 224 valence electrons. The Morgan fingerprint density at radius 1 is 1.14 bits per heavy atom. The molecule has 0 unspecified atom stereocenters. The summed E-state index contributed by atoms with van der Waals surface area (Å²) in [6.07, 6.45) is 1.27. The van der Waals surface area contributed by atoms with Gasteiger partial charge in [0.25, 0.3) is 5.56 Å². The van der Waals surface area contributed by atoms with Gasteiger partial charge in [-0.15, -0.1) is 0 Å². The highest BCUT2D eigenvalue weighted by Crippen LogP contribution is 2.36. The number of hydrogen-bond acceptors (Lipinski definition) is 9. The first kappa shape index (κ1) is 31.4. The molecule has 0 radical (unpaired) electrons. The van der Waals surface area contributed by atoms with Crippen molar-refractivity contribution in [2.45, 2.75) is 40.5 Å². The molecule has 0 amide bonds. The standard InChI is InChI=1S/C31H31BrN4O7/c1-6-41-27-12-19(5)24(15-23(27)18(3)4)30-34-25-11-9-8-10-22(25)31(38)35(30)33-16-20-13-21(32)14-26(36(39)40)29(20)43-17-28(37)42-7-2/h8-16,18H,6-7,17H2,1-5H3. The molecule has 1 aromatic heterocycles. The molecular weight excluding hydrogens is 620 g/mol. The number of esters is 1. The van der Waals surface area contributed by atoms with Crippen molar-refractivity contribution < 1.29 is 23.9 Å². The maximum Gasteiger partial charge on any atom is 0.344 e. The van der Waals surface area contributed by atoms with Crippen molar-refractivity contribution >= 4 is 44.7 Å². The first-order valence-corrected chi connectivity index (χ1v) is 14.4. The fraction of sp³-hybridized carbons (Fsp3) is 0.290. The minimum absolute atomic E-state index is 0.117. The Hall–Kier alpha value is -4.58. The minimum atomic E-state index is -0.688. The Balaban J connectivity index is 1.95. The molecule has 1 heterocycles. The van der Waals surface area contributed by atoms with E-state index in [-0.39, 0.29) is 29.7 Å². The number of nitro benzene ring substituents is 1. The van der Waals surface area contributed by atoms with Gasteiger partial charge < -0.3 is 14.2 Å². The van der Waals surface area contributed by atoms with Gasteiger partial charge in [-0.05, 0) is 68.1 Å². The third-order valence-electron chi connectivity index (χ3n) is 6.48. The zero-order chi connectivity index (χ0) is 31.3. The molecule has 3 aromatic carbocycles. The summed E-state index contributed by atoms with van der Waals surface area (Å²) in [5.74, 6) is 0.258. The normalized spacial score (nSPS) is 11.3. The summed E-state index contributed by atoms with van der Waals surface area (Å²) in [4.78, 5) is 41.9. The van der Waals surface area contributed by atoms with Crippen molar-refractivity contribution in [1.82, 2.24) is 9.66 Å². The Morgan fingerprint density at radius 2 is 1.88 bits per heavy atom. The highest BCUT2D eigenvalue weighted by Gasteiger charge is 2.23. The molecule has 0 aliphatic heterocycles. The van der Waals surface area contributed by atoms with Crippen LogP contribution in [0.2, 0.25) is 0 Å². The van der Waals surface area contributed by atoms with E-state index in [1.165, 1.54) is 18.3 Å². The number of rotatable bonds is 11. The van der Waals surface area contributed by atoms with Crippen molar-refractivity contribution in [3.8, 4) is 22.9 Å². The van der Waals surface area contributed by atoms with Gasteiger partial charge in [0.05, 0.1) is 35.3 Å². The minimum Gasteiger partial charge on any atom is -0.494 e. The molecule has 0 bridgehead atoms. The van der Waals surface area contributed by atoms with Crippen LogP contribution in [0.3, 0.4) is 0 Å². The van der Waals surface area contributed by atoms with Crippen LogP contribution < -0.4 is 15.0 Å². The van der Waals surface area contributed by atoms with Gasteiger partial charge in [0.1, 0.15) is 5.75 Å². The largest absolute Gasteiger partial charge is 0.494 e. The highest BCUT2D eigenvalue weighted by molar-refractivity contribution is 9.10. The number of ether oxygens (including phenoxy) is 3. The van der Waals surface area contributed by atoms with Crippen LogP contribution in [0.5, 0.6) is 11.5 Å². The molecule has 4 rings (SSSR count). The lowest BCUT2D eigenvalue weighted by Crippen LogP contribution is -2.21. The number of carbonyl (C=O) groups excluding carboxylic acids is 1. The maximum absolute atomic E-state index is 13.8. The molecule has 0 atom stereocenters. The van der Waals surface area contributed by atoms with E-state index in [4.69, 9.17) is 19.2 Å². The van der Waals surface area contributed by atoms with Crippen LogP contribution in [-0.4, -0.2) is 46.6 Å². The number of aryl methyl sites for hydroxylation is 1. The van der Waals surface area contributed by atoms with Crippen molar-refractivity contribution in [1.29, 1.82) is 0 Å². The van der Waals surface area contributed by atoms with Crippen LogP contribution in [0.15, 0.2) is 62.9 Å². The molecule has 0 saturated carbocycles. The third kappa shape index (κ3) is 6.91. The van der Waals surface area contributed by atoms with E-state index in [0.717, 1.165) is 21.6 Å².